The van der Waals surface area contributed by atoms with Crippen molar-refractivity contribution in [3.63, 3.8) is 0 Å². The highest BCUT2D eigenvalue weighted by Crippen LogP contribution is 2.31. The molecule has 0 aliphatic carbocycles. The second kappa shape index (κ2) is 9.50. The third-order valence-electron chi connectivity index (χ3n) is 3.98. The van der Waals surface area contributed by atoms with E-state index in [1.54, 1.807) is 0 Å². The molecule has 4 N–H and O–H groups in total. The summed E-state index contributed by atoms with van der Waals surface area (Å²) in [6.07, 6.45) is -8.56. The van der Waals surface area contributed by atoms with Gasteiger partial charge in [-0.25, -0.2) is 4.98 Å². The Morgan fingerprint density at radius 2 is 1.48 bits per heavy atom. The molecule has 0 aliphatic rings. The van der Waals surface area contributed by atoms with Crippen LogP contribution in [-0.2, 0) is 12.4 Å². The Kier molecular flexibility index (Phi) is 6.92. The number of alkyl halides is 6. The standard InChI is InChI=1S/C18H15F6N7O2/c19-17(20,21)12-3-1-2-11(28-12)14-29-15(31-16(30-14)27-10(7-32)8-33)26-9-4-5-25-13(6-9)18(22,23)24/h1-6,10,32-33H,7-8H2,(H2,25,26,27,29,30,31). The van der Waals surface area contributed by atoms with Gasteiger partial charge in [0.15, 0.2) is 5.82 Å². The molecule has 0 bridgehead atoms. The van der Waals surface area contributed by atoms with Crippen molar-refractivity contribution in [3.05, 3.63) is 47.9 Å². The highest BCUT2D eigenvalue weighted by atomic mass is 19.4. The Hall–Kier alpha value is -3.59. The smallest absolute Gasteiger partial charge is 0.394 e. The van der Waals surface area contributed by atoms with Gasteiger partial charge < -0.3 is 20.8 Å². The van der Waals surface area contributed by atoms with E-state index in [2.05, 4.69) is 35.6 Å². The Morgan fingerprint density at radius 3 is 2.12 bits per heavy atom. The predicted molar refractivity (Wildman–Crippen MR) is 102 cm³/mol. The maximum atomic E-state index is 13.0. The summed E-state index contributed by atoms with van der Waals surface area (Å²) in [5.41, 5.74) is -2.82. The average molecular weight is 475 g/mol. The van der Waals surface area contributed by atoms with Crippen LogP contribution in [0.2, 0.25) is 0 Å². The number of aliphatic hydroxyl groups is 2. The lowest BCUT2D eigenvalue weighted by Crippen LogP contribution is -2.29. The van der Waals surface area contributed by atoms with E-state index in [9.17, 15) is 36.6 Å². The summed E-state index contributed by atoms with van der Waals surface area (Å²) in [5, 5.41) is 23.6. The van der Waals surface area contributed by atoms with Crippen LogP contribution in [0.5, 0.6) is 0 Å². The largest absolute Gasteiger partial charge is 0.433 e. The van der Waals surface area contributed by atoms with Crippen molar-refractivity contribution in [2.24, 2.45) is 0 Å². The summed E-state index contributed by atoms with van der Waals surface area (Å²) >= 11 is 0. The fourth-order valence-electron chi connectivity index (χ4n) is 2.45. The van der Waals surface area contributed by atoms with Crippen LogP contribution in [0.15, 0.2) is 36.5 Å². The van der Waals surface area contributed by atoms with Crippen molar-refractivity contribution < 1.29 is 36.6 Å². The quantitative estimate of drug-likeness (QED) is 0.381. The van der Waals surface area contributed by atoms with Gasteiger partial charge in [-0.2, -0.15) is 41.3 Å². The monoisotopic (exact) mass is 475 g/mol. The number of nitrogens with one attached hydrogen (secondary N) is 2. The van der Waals surface area contributed by atoms with E-state index >= 15 is 0 Å². The number of aromatic nitrogens is 5. The molecule has 0 saturated carbocycles. The van der Waals surface area contributed by atoms with Gasteiger partial charge in [0.25, 0.3) is 0 Å². The fraction of sp³-hybridized carbons (Fsp3) is 0.278. The molecule has 9 nitrogen and oxygen atoms in total. The summed E-state index contributed by atoms with van der Waals surface area (Å²) in [4.78, 5) is 18.5. The summed E-state index contributed by atoms with van der Waals surface area (Å²) in [5.74, 6) is -0.962. The molecule has 0 fully saturated rings. The summed E-state index contributed by atoms with van der Waals surface area (Å²) in [6, 6.07) is 3.97. The summed E-state index contributed by atoms with van der Waals surface area (Å²) in [6.45, 7) is -1.08. The molecule has 33 heavy (non-hydrogen) atoms. The second-order valence-corrected chi connectivity index (χ2v) is 6.47. The van der Waals surface area contributed by atoms with Crippen LogP contribution in [-0.4, -0.2) is 54.4 Å². The fourth-order valence-corrected chi connectivity index (χ4v) is 2.45. The third kappa shape index (κ3) is 6.23. The molecule has 0 spiro atoms. The lowest BCUT2D eigenvalue weighted by molar-refractivity contribution is -0.141. The van der Waals surface area contributed by atoms with Crippen LogP contribution < -0.4 is 10.6 Å². The summed E-state index contributed by atoms with van der Waals surface area (Å²) in [7, 11) is 0. The molecule has 3 heterocycles. The molecular weight excluding hydrogens is 460 g/mol. The van der Waals surface area contributed by atoms with Gasteiger partial charge in [0.2, 0.25) is 11.9 Å². The molecule has 176 valence electrons. The van der Waals surface area contributed by atoms with Crippen molar-refractivity contribution in [3.8, 4) is 11.5 Å². The van der Waals surface area contributed by atoms with Gasteiger partial charge >= 0.3 is 12.4 Å². The van der Waals surface area contributed by atoms with Crippen LogP contribution in [0, 0.1) is 0 Å². The Bertz CT molecular complexity index is 1110. The lowest BCUT2D eigenvalue weighted by Gasteiger charge is -2.15. The van der Waals surface area contributed by atoms with Gasteiger partial charge in [-0.1, -0.05) is 6.07 Å². The van der Waals surface area contributed by atoms with Crippen molar-refractivity contribution in [1.82, 2.24) is 24.9 Å². The predicted octanol–water partition coefficient (Wildman–Crippen LogP) is 2.87. The van der Waals surface area contributed by atoms with E-state index in [0.29, 0.717) is 6.07 Å². The minimum atomic E-state index is -4.74. The number of nitrogens with zero attached hydrogens (tertiary/aromatic N) is 5. The van der Waals surface area contributed by atoms with Gasteiger partial charge in [0.05, 0.1) is 19.3 Å². The molecule has 0 radical (unpaired) electrons. The molecule has 15 heteroatoms. The number of anilines is 3. The molecular formula is C18H15F6N7O2. The molecule has 0 aromatic carbocycles. The van der Waals surface area contributed by atoms with Crippen molar-refractivity contribution in [2.75, 3.05) is 23.8 Å². The topological polar surface area (TPSA) is 129 Å². The SMILES string of the molecule is OCC(CO)Nc1nc(Nc2ccnc(C(F)(F)F)c2)nc(-c2cccc(C(F)(F)F)n2)n1. The second-order valence-electron chi connectivity index (χ2n) is 6.47. The van der Waals surface area contributed by atoms with E-state index in [0.717, 1.165) is 18.3 Å². The van der Waals surface area contributed by atoms with Crippen LogP contribution in [0.25, 0.3) is 11.5 Å². The number of hydrogen-bond donors (Lipinski definition) is 4. The normalized spacial score (nSPS) is 12.2. The molecule has 3 aromatic rings. The first-order chi connectivity index (χ1) is 15.5. The van der Waals surface area contributed by atoms with E-state index in [1.165, 1.54) is 12.1 Å². The maximum absolute atomic E-state index is 13.0. The Balaban J connectivity index is 2.04. The zero-order valence-electron chi connectivity index (χ0n) is 16.4. The zero-order valence-corrected chi connectivity index (χ0v) is 16.4. The maximum Gasteiger partial charge on any atom is 0.433 e. The van der Waals surface area contributed by atoms with Gasteiger partial charge in [0, 0.05) is 11.9 Å². The first-order valence-electron chi connectivity index (χ1n) is 9.09. The van der Waals surface area contributed by atoms with Crippen molar-refractivity contribution >= 4 is 17.6 Å². The van der Waals surface area contributed by atoms with E-state index in [4.69, 9.17) is 0 Å². The van der Waals surface area contributed by atoms with Crippen molar-refractivity contribution in [2.45, 2.75) is 18.4 Å². The van der Waals surface area contributed by atoms with E-state index in [-0.39, 0.29) is 29.1 Å². The van der Waals surface area contributed by atoms with Gasteiger partial charge in [-0.15, -0.1) is 0 Å². The molecule has 0 unspecified atom stereocenters. The minimum absolute atomic E-state index is 0.113. The van der Waals surface area contributed by atoms with Crippen LogP contribution in [0.1, 0.15) is 11.4 Å². The Labute approximate surface area is 181 Å². The molecule has 3 aromatic heterocycles. The highest BCUT2D eigenvalue weighted by molar-refractivity contribution is 5.59. The highest BCUT2D eigenvalue weighted by Gasteiger charge is 2.33. The lowest BCUT2D eigenvalue weighted by atomic mass is 10.3. The van der Waals surface area contributed by atoms with Crippen LogP contribution in [0.3, 0.4) is 0 Å². The molecule has 0 atom stereocenters. The number of hydrogen-bond acceptors (Lipinski definition) is 9. The Morgan fingerprint density at radius 1 is 0.818 bits per heavy atom. The van der Waals surface area contributed by atoms with Crippen LogP contribution >= 0.6 is 0 Å². The first kappa shape index (κ1) is 24.1. The molecule has 0 aliphatic heterocycles. The number of halogens is 6. The minimum Gasteiger partial charge on any atom is -0.394 e. The molecule has 3 rings (SSSR count). The number of aliphatic hydroxyl groups excluding tert-OH is 2. The van der Waals surface area contributed by atoms with Gasteiger partial charge in [-0.3, -0.25) is 4.98 Å². The first-order valence-corrected chi connectivity index (χ1v) is 9.09. The van der Waals surface area contributed by atoms with Gasteiger partial charge in [-0.05, 0) is 24.3 Å². The van der Waals surface area contributed by atoms with Crippen molar-refractivity contribution in [1.29, 1.82) is 0 Å². The third-order valence-corrected chi connectivity index (χ3v) is 3.98. The molecule has 0 saturated heterocycles. The number of rotatable bonds is 7. The van der Waals surface area contributed by atoms with E-state index in [1.807, 2.05) is 0 Å². The average Bonchev–Trinajstić information content (AvgIpc) is 2.76. The number of pyridine rings is 2. The van der Waals surface area contributed by atoms with Gasteiger partial charge in [0.1, 0.15) is 17.1 Å². The zero-order chi connectivity index (χ0) is 24.2. The molecule has 0 amide bonds. The summed E-state index contributed by atoms with van der Waals surface area (Å²) < 4.78 is 77.9. The van der Waals surface area contributed by atoms with E-state index < -0.39 is 43.0 Å². The van der Waals surface area contributed by atoms with Crippen LogP contribution in [0.4, 0.5) is 43.9 Å².